The van der Waals surface area contributed by atoms with Gasteiger partial charge in [-0.05, 0) is 12.8 Å². The molecule has 2 atom stereocenters. The summed E-state index contributed by atoms with van der Waals surface area (Å²) in [5, 5.41) is 7.86. The highest BCUT2D eigenvalue weighted by atomic mass is 32.2. The molecule has 1 fully saturated rings. The van der Waals surface area contributed by atoms with E-state index in [1.807, 2.05) is 0 Å². The molecule has 1 aliphatic carbocycles. The van der Waals surface area contributed by atoms with Gasteiger partial charge in [0.2, 0.25) is 21.8 Å². The second kappa shape index (κ2) is 6.18. The standard InChI is InChI=1S/C10H17N3O6S/c11-8(14)4-13(5-9(12)15)20(18,19)7-3-1-2-6(7)10(16)17/h6-7H,1-5H2,(H2,11,14)(H2,12,15)(H,16,17). The molecule has 0 bridgehead atoms. The number of carboxylic acids is 1. The third-order valence-electron chi connectivity index (χ3n) is 3.18. The predicted molar refractivity (Wildman–Crippen MR) is 67.6 cm³/mol. The van der Waals surface area contributed by atoms with Crippen LogP contribution in [0.2, 0.25) is 0 Å². The first-order valence-corrected chi connectivity index (χ1v) is 7.45. The molecule has 5 N–H and O–H groups in total. The van der Waals surface area contributed by atoms with E-state index >= 15 is 0 Å². The molecule has 2 amide bonds. The molecule has 1 aliphatic rings. The normalized spacial score (nSPS) is 22.9. The molecule has 2 unspecified atom stereocenters. The first kappa shape index (κ1) is 16.4. The van der Waals surface area contributed by atoms with E-state index in [1.165, 1.54) is 0 Å². The van der Waals surface area contributed by atoms with Crippen LogP contribution >= 0.6 is 0 Å². The predicted octanol–water partition coefficient (Wildman–Crippen LogP) is -2.16. The Kier molecular flexibility index (Phi) is 5.06. The van der Waals surface area contributed by atoms with Crippen molar-refractivity contribution in [1.82, 2.24) is 4.31 Å². The van der Waals surface area contributed by atoms with E-state index in [1.54, 1.807) is 0 Å². The van der Waals surface area contributed by atoms with E-state index in [2.05, 4.69) is 0 Å². The molecule has 20 heavy (non-hydrogen) atoms. The van der Waals surface area contributed by atoms with Gasteiger partial charge in [0.15, 0.2) is 0 Å². The molecule has 0 aliphatic heterocycles. The Morgan fingerprint density at radius 1 is 1.10 bits per heavy atom. The van der Waals surface area contributed by atoms with Gasteiger partial charge in [-0.25, -0.2) is 8.42 Å². The zero-order chi connectivity index (χ0) is 15.5. The number of primary amides is 2. The van der Waals surface area contributed by atoms with Crippen LogP contribution in [0.1, 0.15) is 19.3 Å². The van der Waals surface area contributed by atoms with Crippen LogP contribution < -0.4 is 11.5 Å². The van der Waals surface area contributed by atoms with Crippen molar-refractivity contribution in [3.63, 3.8) is 0 Å². The zero-order valence-corrected chi connectivity index (χ0v) is 11.5. The molecular formula is C10H17N3O6S. The van der Waals surface area contributed by atoms with Crippen LogP contribution in [0.15, 0.2) is 0 Å². The minimum atomic E-state index is -4.13. The molecule has 0 spiro atoms. The highest BCUT2D eigenvalue weighted by molar-refractivity contribution is 7.89. The highest BCUT2D eigenvalue weighted by Gasteiger charge is 2.44. The van der Waals surface area contributed by atoms with Crippen molar-refractivity contribution in [2.45, 2.75) is 24.5 Å². The topological polar surface area (TPSA) is 161 Å². The van der Waals surface area contributed by atoms with Crippen molar-refractivity contribution in [1.29, 1.82) is 0 Å². The third kappa shape index (κ3) is 3.67. The summed E-state index contributed by atoms with van der Waals surface area (Å²) in [4.78, 5) is 32.9. The number of carbonyl (C=O) groups excluding carboxylic acids is 2. The van der Waals surface area contributed by atoms with Gasteiger partial charge >= 0.3 is 5.97 Å². The molecule has 0 aromatic heterocycles. The van der Waals surface area contributed by atoms with Crippen molar-refractivity contribution in [3.05, 3.63) is 0 Å². The molecule has 0 aromatic rings. The van der Waals surface area contributed by atoms with E-state index < -0.39 is 52.1 Å². The quantitative estimate of drug-likeness (QED) is 0.485. The first-order chi connectivity index (χ1) is 9.16. The minimum absolute atomic E-state index is 0.160. The number of amides is 2. The Bertz CT molecular complexity index is 501. The van der Waals surface area contributed by atoms with Crippen molar-refractivity contribution in [3.8, 4) is 0 Å². The SMILES string of the molecule is NC(=O)CN(CC(N)=O)S(=O)(=O)C1CCCC1C(=O)O. The fraction of sp³-hybridized carbons (Fsp3) is 0.700. The molecule has 114 valence electrons. The number of hydrogen-bond acceptors (Lipinski definition) is 5. The van der Waals surface area contributed by atoms with Gasteiger partial charge in [-0.3, -0.25) is 14.4 Å². The molecule has 0 radical (unpaired) electrons. The van der Waals surface area contributed by atoms with Gasteiger partial charge in [0.05, 0.1) is 24.3 Å². The second-order valence-electron chi connectivity index (χ2n) is 4.66. The number of nitrogens with two attached hydrogens (primary N) is 2. The van der Waals surface area contributed by atoms with Crippen LogP contribution in [0.25, 0.3) is 0 Å². The lowest BCUT2D eigenvalue weighted by molar-refractivity contribution is -0.141. The summed E-state index contributed by atoms with van der Waals surface area (Å²) >= 11 is 0. The summed E-state index contributed by atoms with van der Waals surface area (Å²) in [6.45, 7) is -1.40. The van der Waals surface area contributed by atoms with Crippen molar-refractivity contribution in [2.24, 2.45) is 17.4 Å². The Balaban J connectivity index is 3.05. The van der Waals surface area contributed by atoms with Crippen molar-refractivity contribution >= 4 is 27.8 Å². The summed E-state index contributed by atoms with van der Waals surface area (Å²) < 4.78 is 25.3. The maximum absolute atomic E-state index is 12.4. The van der Waals surface area contributed by atoms with E-state index in [0.29, 0.717) is 10.7 Å². The maximum atomic E-state index is 12.4. The number of carboxylic acid groups (broad SMARTS) is 1. The lowest BCUT2D eigenvalue weighted by Gasteiger charge is -2.25. The number of hydrogen-bond donors (Lipinski definition) is 3. The zero-order valence-electron chi connectivity index (χ0n) is 10.7. The van der Waals surface area contributed by atoms with Crippen LogP contribution in [-0.2, 0) is 24.4 Å². The van der Waals surface area contributed by atoms with Gasteiger partial charge < -0.3 is 16.6 Å². The average Bonchev–Trinajstić information content (AvgIpc) is 2.76. The summed E-state index contributed by atoms with van der Waals surface area (Å²) in [5.74, 6) is -4.16. The van der Waals surface area contributed by atoms with Gasteiger partial charge in [0.25, 0.3) is 0 Å². The molecule has 0 saturated heterocycles. The summed E-state index contributed by atoms with van der Waals surface area (Å²) in [6, 6.07) is 0. The van der Waals surface area contributed by atoms with Crippen molar-refractivity contribution < 1.29 is 27.9 Å². The fourth-order valence-electron chi connectivity index (χ4n) is 2.34. The summed E-state index contributed by atoms with van der Waals surface area (Å²) in [7, 11) is -4.13. The fourth-order valence-corrected chi connectivity index (χ4v) is 4.47. The Morgan fingerprint density at radius 3 is 2.00 bits per heavy atom. The van der Waals surface area contributed by atoms with Gasteiger partial charge in [-0.2, -0.15) is 4.31 Å². The Labute approximate surface area is 115 Å². The van der Waals surface area contributed by atoms with E-state index in [9.17, 15) is 22.8 Å². The van der Waals surface area contributed by atoms with Gasteiger partial charge in [0.1, 0.15) is 0 Å². The largest absolute Gasteiger partial charge is 0.481 e. The molecule has 1 saturated carbocycles. The summed E-state index contributed by atoms with van der Waals surface area (Å²) in [6.07, 6.45) is 0.843. The third-order valence-corrected chi connectivity index (χ3v) is 5.48. The average molecular weight is 307 g/mol. The van der Waals surface area contributed by atoms with Crippen LogP contribution in [0.4, 0.5) is 0 Å². The van der Waals surface area contributed by atoms with Crippen LogP contribution in [0.3, 0.4) is 0 Å². The van der Waals surface area contributed by atoms with E-state index in [0.717, 1.165) is 0 Å². The molecule has 1 rings (SSSR count). The van der Waals surface area contributed by atoms with Crippen LogP contribution in [-0.4, -0.2) is 54.0 Å². The van der Waals surface area contributed by atoms with Crippen molar-refractivity contribution in [2.75, 3.05) is 13.1 Å². The smallest absolute Gasteiger partial charge is 0.307 e. The molecule has 0 heterocycles. The van der Waals surface area contributed by atoms with Gasteiger partial charge in [0, 0.05) is 0 Å². The molecule has 0 aromatic carbocycles. The van der Waals surface area contributed by atoms with Crippen LogP contribution in [0, 0.1) is 5.92 Å². The maximum Gasteiger partial charge on any atom is 0.307 e. The lowest BCUT2D eigenvalue weighted by Crippen LogP contribution is -2.48. The highest BCUT2D eigenvalue weighted by Crippen LogP contribution is 2.33. The second-order valence-corrected chi connectivity index (χ2v) is 6.81. The first-order valence-electron chi connectivity index (χ1n) is 5.94. The van der Waals surface area contributed by atoms with E-state index in [4.69, 9.17) is 16.6 Å². The number of carbonyl (C=O) groups is 3. The van der Waals surface area contributed by atoms with Crippen LogP contribution in [0.5, 0.6) is 0 Å². The molecular weight excluding hydrogens is 290 g/mol. The summed E-state index contributed by atoms with van der Waals surface area (Å²) in [5.41, 5.74) is 9.89. The monoisotopic (exact) mass is 307 g/mol. The number of aliphatic carboxylic acids is 1. The molecule has 9 nitrogen and oxygen atoms in total. The Hall–Kier alpha value is -1.68. The molecule has 10 heteroatoms. The van der Waals surface area contributed by atoms with Gasteiger partial charge in [-0.1, -0.05) is 6.42 Å². The minimum Gasteiger partial charge on any atom is -0.481 e. The lowest BCUT2D eigenvalue weighted by atomic mass is 10.1. The number of rotatable bonds is 7. The van der Waals surface area contributed by atoms with E-state index in [-0.39, 0.29) is 12.8 Å². The Morgan fingerprint density at radius 2 is 1.60 bits per heavy atom. The van der Waals surface area contributed by atoms with Gasteiger partial charge in [-0.15, -0.1) is 0 Å². The number of sulfonamides is 1. The number of nitrogens with zero attached hydrogens (tertiary/aromatic N) is 1.